The molecule has 1 aliphatic rings. The van der Waals surface area contributed by atoms with Crippen molar-refractivity contribution >= 4 is 39.2 Å². The van der Waals surface area contributed by atoms with Crippen LogP contribution in [0.5, 0.6) is 0 Å². The maximum absolute atomic E-state index is 13.6. The van der Waals surface area contributed by atoms with Crippen molar-refractivity contribution in [2.45, 2.75) is 47.1 Å². The molecule has 0 bridgehead atoms. The molecule has 1 atom stereocenters. The number of ketones is 1. The molecule has 1 N–H and O–H groups in total. The van der Waals surface area contributed by atoms with Crippen molar-refractivity contribution in [3.8, 4) is 0 Å². The number of aryl methyl sites for hydroxylation is 1. The predicted octanol–water partition coefficient (Wildman–Crippen LogP) is 4.78. The second-order valence-electron chi connectivity index (χ2n) is 9.75. The van der Waals surface area contributed by atoms with Crippen LogP contribution in [0.15, 0.2) is 23.8 Å². The molecule has 1 aliphatic heterocycles. The fourth-order valence-electron chi connectivity index (χ4n) is 3.77. The molecule has 7 nitrogen and oxygen atoms in total. The van der Waals surface area contributed by atoms with Crippen molar-refractivity contribution in [2.24, 2.45) is 11.3 Å². The Morgan fingerprint density at radius 1 is 1.27 bits per heavy atom. The molecule has 0 saturated carbocycles. The number of pyridine rings is 1. The van der Waals surface area contributed by atoms with Crippen LogP contribution in [0.2, 0.25) is 0 Å². The monoisotopic (exact) mass is 469 g/mol. The number of halogens is 1. The molecule has 0 aromatic carbocycles. The van der Waals surface area contributed by atoms with E-state index in [0.29, 0.717) is 36.7 Å². The molecule has 0 radical (unpaired) electrons. The summed E-state index contributed by atoms with van der Waals surface area (Å²) < 4.78 is 14.3. The summed E-state index contributed by atoms with van der Waals surface area (Å²) >= 11 is 1.45. The number of Topliss-reactive ketones (excluding diaryl/α,β-unsaturated/α-hetero) is 1. The van der Waals surface area contributed by atoms with Crippen molar-refractivity contribution in [3.05, 3.63) is 46.5 Å². The van der Waals surface area contributed by atoms with Crippen molar-refractivity contribution in [3.63, 3.8) is 0 Å². The van der Waals surface area contributed by atoms with E-state index in [0.717, 1.165) is 22.0 Å². The van der Waals surface area contributed by atoms with Gasteiger partial charge in [0.05, 0.1) is 22.5 Å². The molecule has 174 valence electrons. The van der Waals surface area contributed by atoms with Crippen LogP contribution in [0, 0.1) is 24.1 Å². The second-order valence-corrected chi connectivity index (χ2v) is 10.6. The summed E-state index contributed by atoms with van der Waals surface area (Å²) in [5.74, 6) is 0.127. The van der Waals surface area contributed by atoms with Gasteiger partial charge in [0.1, 0.15) is 11.6 Å². The summed E-state index contributed by atoms with van der Waals surface area (Å²) in [6.45, 7) is 10.7. The highest BCUT2D eigenvalue weighted by Gasteiger charge is 2.36. The average molecular weight is 470 g/mol. The topological polar surface area (TPSA) is 88.1 Å². The van der Waals surface area contributed by atoms with Crippen LogP contribution in [0.1, 0.15) is 61.8 Å². The first-order valence-corrected chi connectivity index (χ1v) is 11.9. The van der Waals surface area contributed by atoms with Gasteiger partial charge >= 0.3 is 0 Å². The summed E-state index contributed by atoms with van der Waals surface area (Å²) in [7, 11) is 0. The fourth-order valence-corrected chi connectivity index (χ4v) is 4.74. The number of fused-ring (bicyclic) bond motifs is 1. The Morgan fingerprint density at radius 3 is 2.67 bits per heavy atom. The molecule has 3 aromatic heterocycles. The third kappa shape index (κ3) is 4.88. The van der Waals surface area contributed by atoms with Crippen molar-refractivity contribution in [2.75, 3.05) is 18.4 Å². The number of likely N-dealkylation sites (tertiary alicyclic amines) is 1. The van der Waals surface area contributed by atoms with E-state index < -0.39 is 5.82 Å². The van der Waals surface area contributed by atoms with Crippen LogP contribution in [0.25, 0.3) is 10.2 Å². The first-order valence-electron chi connectivity index (χ1n) is 11.0. The molecule has 1 fully saturated rings. The molecular weight excluding hydrogens is 441 g/mol. The molecule has 1 saturated heterocycles. The van der Waals surface area contributed by atoms with E-state index in [1.165, 1.54) is 17.4 Å². The molecule has 1 amide bonds. The van der Waals surface area contributed by atoms with Gasteiger partial charge in [-0.3, -0.25) is 14.6 Å². The van der Waals surface area contributed by atoms with Crippen molar-refractivity contribution in [1.29, 1.82) is 0 Å². The lowest BCUT2D eigenvalue weighted by atomic mass is 9.82. The number of hydrogen-bond acceptors (Lipinski definition) is 7. The van der Waals surface area contributed by atoms with E-state index in [4.69, 9.17) is 0 Å². The van der Waals surface area contributed by atoms with Gasteiger partial charge in [0.2, 0.25) is 5.95 Å². The highest BCUT2D eigenvalue weighted by Crippen LogP contribution is 2.32. The lowest BCUT2D eigenvalue weighted by Gasteiger charge is -2.39. The fraction of sp³-hybridized carbons (Fsp3) is 0.458. The molecule has 33 heavy (non-hydrogen) atoms. The van der Waals surface area contributed by atoms with Gasteiger partial charge in [-0.1, -0.05) is 20.8 Å². The lowest BCUT2D eigenvalue weighted by molar-refractivity contribution is -0.128. The Kier molecular flexibility index (Phi) is 6.18. The van der Waals surface area contributed by atoms with Crippen LogP contribution in [0.4, 0.5) is 10.3 Å². The number of amides is 1. The van der Waals surface area contributed by atoms with Gasteiger partial charge in [-0.05, 0) is 36.4 Å². The zero-order valence-corrected chi connectivity index (χ0v) is 20.3. The number of thiophene rings is 1. The van der Waals surface area contributed by atoms with E-state index in [2.05, 4.69) is 20.3 Å². The van der Waals surface area contributed by atoms with Gasteiger partial charge in [-0.2, -0.15) is 0 Å². The Bertz CT molecular complexity index is 1210. The standard InChI is InChI=1S/C24H28FN5O2S/c1-13-12-33-21-19(13)28-23(27-14(2)16-7-17(25)9-26-8-16)29-20(21)22(32)30-10-15(11-30)6-18(31)24(3,4)5/h7-9,12,14-15H,6,10-11H2,1-5H3,(H,27,28,29)/t14-/m0/s1. The van der Waals surface area contributed by atoms with Crippen LogP contribution in [0.3, 0.4) is 0 Å². The number of hydrogen-bond donors (Lipinski definition) is 1. The van der Waals surface area contributed by atoms with Gasteiger partial charge in [0.25, 0.3) is 5.91 Å². The Labute approximate surface area is 196 Å². The molecule has 9 heteroatoms. The Balaban J connectivity index is 1.54. The van der Waals surface area contributed by atoms with Gasteiger partial charge in [-0.25, -0.2) is 14.4 Å². The first-order chi connectivity index (χ1) is 15.5. The smallest absolute Gasteiger partial charge is 0.274 e. The number of nitrogens with one attached hydrogen (secondary N) is 1. The maximum atomic E-state index is 13.6. The summed E-state index contributed by atoms with van der Waals surface area (Å²) in [6.07, 6.45) is 3.22. The molecule has 0 unspecified atom stereocenters. The van der Waals surface area contributed by atoms with Crippen molar-refractivity contribution < 1.29 is 14.0 Å². The van der Waals surface area contributed by atoms with Crippen LogP contribution >= 0.6 is 11.3 Å². The number of rotatable bonds is 6. The largest absolute Gasteiger partial charge is 0.348 e. The van der Waals surface area contributed by atoms with Gasteiger partial charge < -0.3 is 10.2 Å². The number of nitrogens with zero attached hydrogens (tertiary/aromatic N) is 4. The minimum atomic E-state index is -0.417. The number of carbonyl (C=O) groups is 2. The van der Waals surface area contributed by atoms with Crippen LogP contribution < -0.4 is 5.32 Å². The number of aromatic nitrogens is 3. The molecule has 0 aliphatic carbocycles. The van der Waals surface area contributed by atoms with E-state index in [-0.39, 0.29) is 29.1 Å². The van der Waals surface area contributed by atoms with Gasteiger partial charge in [0.15, 0.2) is 5.69 Å². The zero-order valence-electron chi connectivity index (χ0n) is 19.5. The van der Waals surface area contributed by atoms with Crippen LogP contribution in [-0.2, 0) is 4.79 Å². The van der Waals surface area contributed by atoms with E-state index in [1.54, 1.807) is 11.1 Å². The van der Waals surface area contributed by atoms with Crippen LogP contribution in [-0.4, -0.2) is 44.6 Å². The zero-order chi connectivity index (χ0) is 23.9. The average Bonchev–Trinajstić information content (AvgIpc) is 3.09. The Hall–Kier alpha value is -2.94. The SMILES string of the molecule is Cc1csc2c(C(=O)N3CC(CC(=O)C(C)(C)C)C3)nc(N[C@@H](C)c3cncc(F)c3)nc12. The summed E-state index contributed by atoms with van der Waals surface area (Å²) in [6, 6.07) is 1.11. The van der Waals surface area contributed by atoms with E-state index >= 15 is 0 Å². The predicted molar refractivity (Wildman–Crippen MR) is 127 cm³/mol. The quantitative estimate of drug-likeness (QED) is 0.559. The summed E-state index contributed by atoms with van der Waals surface area (Å²) in [4.78, 5) is 40.4. The second kappa shape index (κ2) is 8.78. The number of anilines is 1. The first kappa shape index (κ1) is 23.2. The van der Waals surface area contributed by atoms with Crippen molar-refractivity contribution in [1.82, 2.24) is 19.9 Å². The summed E-state index contributed by atoms with van der Waals surface area (Å²) in [5, 5.41) is 5.14. The maximum Gasteiger partial charge on any atom is 0.274 e. The molecule has 4 heterocycles. The Morgan fingerprint density at radius 2 is 2.00 bits per heavy atom. The summed E-state index contributed by atoms with van der Waals surface area (Å²) in [5.41, 5.74) is 2.33. The van der Waals surface area contributed by atoms with Gasteiger partial charge in [0, 0.05) is 37.0 Å². The highest BCUT2D eigenvalue weighted by atomic mass is 32.1. The molecule has 4 rings (SSSR count). The lowest BCUT2D eigenvalue weighted by Crippen LogP contribution is -2.51. The normalized spacial score (nSPS) is 15.4. The highest BCUT2D eigenvalue weighted by molar-refractivity contribution is 7.17. The van der Waals surface area contributed by atoms with E-state index in [9.17, 15) is 14.0 Å². The third-order valence-corrected chi connectivity index (χ3v) is 7.02. The number of carbonyl (C=O) groups excluding carboxylic acids is 2. The van der Waals surface area contributed by atoms with E-state index in [1.807, 2.05) is 40.0 Å². The molecular formula is C24H28FN5O2S. The molecule has 3 aromatic rings. The minimum Gasteiger partial charge on any atom is -0.348 e. The minimum absolute atomic E-state index is 0.160. The third-order valence-electron chi connectivity index (χ3n) is 5.92. The molecule has 0 spiro atoms. The van der Waals surface area contributed by atoms with Gasteiger partial charge in [-0.15, -0.1) is 11.3 Å².